The van der Waals surface area contributed by atoms with Crippen molar-refractivity contribution in [2.45, 2.75) is 13.0 Å². The van der Waals surface area contributed by atoms with Gasteiger partial charge in [-0.05, 0) is 35.6 Å². The van der Waals surface area contributed by atoms with Crippen LogP contribution in [0.5, 0.6) is 0 Å². The van der Waals surface area contributed by atoms with Gasteiger partial charge in [0.2, 0.25) is 0 Å². The largest absolute Gasteiger partial charge is 0.467 e. The predicted octanol–water partition coefficient (Wildman–Crippen LogP) is 2.69. The molecule has 19 heavy (non-hydrogen) atoms. The highest BCUT2D eigenvalue weighted by Crippen LogP contribution is 2.30. The summed E-state index contributed by atoms with van der Waals surface area (Å²) in [4.78, 5) is 4.19. The number of nitrogens with zero attached hydrogens (tertiary/aromatic N) is 1. The Labute approximate surface area is 111 Å². The zero-order valence-corrected chi connectivity index (χ0v) is 10.6. The molecule has 0 bridgehead atoms. The predicted molar refractivity (Wildman–Crippen MR) is 74.4 cm³/mol. The molecule has 1 atom stereocenters. The highest BCUT2D eigenvalue weighted by molar-refractivity contribution is 5.85. The van der Waals surface area contributed by atoms with Crippen LogP contribution in [0.15, 0.2) is 53.4 Å². The molecule has 0 amide bonds. The third kappa shape index (κ3) is 2.01. The first-order chi connectivity index (χ1) is 9.31. The molecule has 3 N–H and O–H groups in total. The van der Waals surface area contributed by atoms with E-state index >= 15 is 0 Å². The second kappa shape index (κ2) is 4.84. The summed E-state index contributed by atoms with van der Waals surface area (Å²) in [6.45, 7) is 2.01. The van der Waals surface area contributed by atoms with Gasteiger partial charge in [-0.25, -0.2) is 5.43 Å². The van der Waals surface area contributed by atoms with Crippen LogP contribution in [0.2, 0.25) is 0 Å². The lowest BCUT2D eigenvalue weighted by Gasteiger charge is -2.17. The van der Waals surface area contributed by atoms with Crippen LogP contribution in [0.1, 0.15) is 22.9 Å². The number of furan rings is 1. The molecule has 0 saturated heterocycles. The van der Waals surface area contributed by atoms with Gasteiger partial charge in [0.15, 0.2) is 0 Å². The fourth-order valence-corrected chi connectivity index (χ4v) is 2.38. The number of nitrogens with one attached hydrogen (secondary N) is 1. The number of hydrogen-bond donors (Lipinski definition) is 2. The Bertz CT molecular complexity index is 700. The Hall–Kier alpha value is -2.17. The summed E-state index contributed by atoms with van der Waals surface area (Å²) in [6, 6.07) is 9.85. The minimum absolute atomic E-state index is 0.178. The van der Waals surface area contributed by atoms with Crippen molar-refractivity contribution in [1.82, 2.24) is 10.4 Å². The van der Waals surface area contributed by atoms with Crippen molar-refractivity contribution in [3.8, 4) is 0 Å². The lowest BCUT2D eigenvalue weighted by Crippen LogP contribution is -2.29. The Morgan fingerprint density at radius 2 is 2.16 bits per heavy atom. The maximum absolute atomic E-state index is 5.73. The van der Waals surface area contributed by atoms with E-state index < -0.39 is 0 Å². The summed E-state index contributed by atoms with van der Waals surface area (Å²) in [7, 11) is 0. The van der Waals surface area contributed by atoms with Gasteiger partial charge in [-0.1, -0.05) is 18.2 Å². The number of fused-ring (bicyclic) bond motifs is 1. The average Bonchev–Trinajstić information content (AvgIpc) is 2.86. The number of aromatic nitrogens is 1. The third-order valence-electron chi connectivity index (χ3n) is 3.36. The topological polar surface area (TPSA) is 64.1 Å². The van der Waals surface area contributed by atoms with E-state index in [4.69, 9.17) is 10.3 Å². The van der Waals surface area contributed by atoms with Crippen LogP contribution in [0.25, 0.3) is 10.8 Å². The minimum Gasteiger partial charge on any atom is -0.467 e. The smallest absolute Gasteiger partial charge is 0.129 e. The molecule has 1 unspecified atom stereocenters. The lowest BCUT2D eigenvalue weighted by molar-refractivity contribution is 0.450. The summed E-state index contributed by atoms with van der Waals surface area (Å²) in [5.74, 6) is 6.56. The van der Waals surface area contributed by atoms with Gasteiger partial charge in [0.05, 0.1) is 6.26 Å². The van der Waals surface area contributed by atoms with Crippen LogP contribution in [0.3, 0.4) is 0 Å². The lowest BCUT2D eigenvalue weighted by atomic mass is 9.97. The Morgan fingerprint density at radius 1 is 1.26 bits per heavy atom. The molecule has 2 heterocycles. The third-order valence-corrected chi connectivity index (χ3v) is 3.36. The van der Waals surface area contributed by atoms with Crippen molar-refractivity contribution >= 4 is 10.8 Å². The summed E-state index contributed by atoms with van der Waals surface area (Å²) in [5, 5.41) is 2.21. The number of benzene rings is 1. The average molecular weight is 253 g/mol. The molecule has 3 rings (SSSR count). The van der Waals surface area contributed by atoms with Crippen molar-refractivity contribution in [3.63, 3.8) is 0 Å². The number of hydrogen-bond acceptors (Lipinski definition) is 4. The van der Waals surface area contributed by atoms with Gasteiger partial charge in [-0.15, -0.1) is 0 Å². The van der Waals surface area contributed by atoms with Crippen LogP contribution in [0.4, 0.5) is 0 Å². The number of hydrazine groups is 1. The molecule has 0 aliphatic rings. The van der Waals surface area contributed by atoms with Crippen molar-refractivity contribution < 1.29 is 4.42 Å². The van der Waals surface area contributed by atoms with Crippen LogP contribution < -0.4 is 11.3 Å². The molecule has 4 heteroatoms. The molecule has 0 spiro atoms. The second-order valence-electron chi connectivity index (χ2n) is 4.51. The van der Waals surface area contributed by atoms with Gasteiger partial charge >= 0.3 is 0 Å². The fourth-order valence-electron chi connectivity index (χ4n) is 2.38. The van der Waals surface area contributed by atoms with Gasteiger partial charge in [0.25, 0.3) is 0 Å². The summed E-state index contributed by atoms with van der Waals surface area (Å²) < 4.78 is 5.56. The Balaban J connectivity index is 2.20. The van der Waals surface area contributed by atoms with Gasteiger partial charge < -0.3 is 4.42 Å². The molecule has 1 aromatic carbocycles. The van der Waals surface area contributed by atoms with E-state index in [1.807, 2.05) is 37.4 Å². The van der Waals surface area contributed by atoms with E-state index in [0.29, 0.717) is 0 Å². The number of rotatable bonds is 3. The first-order valence-electron chi connectivity index (χ1n) is 6.14. The molecular formula is C15H15N3O. The molecule has 0 aliphatic carbocycles. The van der Waals surface area contributed by atoms with E-state index in [2.05, 4.69) is 16.5 Å². The molecule has 0 saturated carbocycles. The summed E-state index contributed by atoms with van der Waals surface area (Å²) in [5.41, 5.74) is 4.97. The second-order valence-corrected chi connectivity index (χ2v) is 4.51. The molecule has 4 nitrogen and oxygen atoms in total. The van der Waals surface area contributed by atoms with Gasteiger partial charge in [0.1, 0.15) is 11.8 Å². The Morgan fingerprint density at radius 3 is 2.89 bits per heavy atom. The van der Waals surface area contributed by atoms with Crippen molar-refractivity contribution in [1.29, 1.82) is 0 Å². The van der Waals surface area contributed by atoms with Gasteiger partial charge in [-0.2, -0.15) is 0 Å². The highest BCUT2D eigenvalue weighted by atomic mass is 16.3. The van der Waals surface area contributed by atoms with Gasteiger partial charge in [-0.3, -0.25) is 10.8 Å². The van der Waals surface area contributed by atoms with E-state index in [9.17, 15) is 0 Å². The highest BCUT2D eigenvalue weighted by Gasteiger charge is 2.19. The maximum Gasteiger partial charge on any atom is 0.129 e. The maximum atomic E-state index is 5.73. The zero-order valence-electron chi connectivity index (χ0n) is 10.6. The van der Waals surface area contributed by atoms with Crippen molar-refractivity contribution in [3.05, 3.63) is 65.9 Å². The molecule has 0 aliphatic heterocycles. The number of pyridine rings is 1. The zero-order chi connectivity index (χ0) is 13.2. The standard InChI is InChI=1S/C15H15N3O/c1-10-6-8-19-15(10)14(18-16)12-4-2-3-11-5-7-17-9-13(11)12/h2-9,14,18H,16H2,1H3. The van der Waals surface area contributed by atoms with Gasteiger partial charge in [0, 0.05) is 17.8 Å². The number of aryl methyl sites for hydroxylation is 1. The first kappa shape index (κ1) is 11.9. The molecule has 3 aromatic rings. The Kier molecular flexibility index (Phi) is 3.03. The molecule has 2 aromatic heterocycles. The fraction of sp³-hybridized carbons (Fsp3) is 0.133. The van der Waals surface area contributed by atoms with Crippen LogP contribution in [-0.2, 0) is 0 Å². The van der Waals surface area contributed by atoms with Crippen LogP contribution in [0, 0.1) is 6.92 Å². The van der Waals surface area contributed by atoms with E-state index in [1.165, 1.54) is 0 Å². The molecule has 0 radical (unpaired) electrons. The van der Waals surface area contributed by atoms with E-state index in [1.54, 1.807) is 12.5 Å². The monoisotopic (exact) mass is 253 g/mol. The van der Waals surface area contributed by atoms with Crippen molar-refractivity contribution in [2.24, 2.45) is 5.84 Å². The molecular weight excluding hydrogens is 238 g/mol. The summed E-state index contributed by atoms with van der Waals surface area (Å²) >= 11 is 0. The van der Waals surface area contributed by atoms with Crippen LogP contribution in [-0.4, -0.2) is 4.98 Å². The van der Waals surface area contributed by atoms with Crippen molar-refractivity contribution in [2.75, 3.05) is 0 Å². The van der Waals surface area contributed by atoms with Crippen LogP contribution >= 0.6 is 0 Å². The summed E-state index contributed by atoms with van der Waals surface area (Å²) in [6.07, 6.45) is 5.32. The first-order valence-corrected chi connectivity index (χ1v) is 6.14. The quantitative estimate of drug-likeness (QED) is 0.556. The normalized spacial score (nSPS) is 12.7. The molecule has 96 valence electrons. The minimum atomic E-state index is -0.178. The van der Waals surface area contributed by atoms with E-state index in [-0.39, 0.29) is 6.04 Å². The SMILES string of the molecule is Cc1ccoc1C(NN)c1cccc2ccncc12. The van der Waals surface area contributed by atoms with E-state index in [0.717, 1.165) is 27.7 Å². The number of nitrogens with two attached hydrogens (primary N) is 1. The molecule has 0 fully saturated rings.